The summed E-state index contributed by atoms with van der Waals surface area (Å²) in [4.78, 5) is 12.8. The Bertz CT molecular complexity index is 1080. The Balaban J connectivity index is 1.87. The molecule has 0 saturated carbocycles. The van der Waals surface area contributed by atoms with Crippen LogP contribution in [0.3, 0.4) is 0 Å². The zero-order valence-electron chi connectivity index (χ0n) is 14.7. The van der Waals surface area contributed by atoms with Gasteiger partial charge in [0.05, 0.1) is 5.02 Å². The number of carbonyl (C=O) groups is 1. The number of amides is 1. The first-order chi connectivity index (χ1) is 14.1. The molecule has 1 heterocycles. The minimum absolute atomic E-state index is 0.0389. The number of rotatable bonds is 5. The zero-order valence-corrected chi connectivity index (χ0v) is 17.1. The molecular formula is C19H11BrClF3N2O4. The maximum atomic E-state index is 12.8. The Hall–Kier alpha value is -2.98. The van der Waals surface area contributed by atoms with E-state index in [2.05, 4.69) is 26.0 Å². The monoisotopic (exact) mass is 502 g/mol. The van der Waals surface area contributed by atoms with E-state index in [0.717, 1.165) is 18.3 Å². The number of hydrogen-bond acceptors (Lipinski definition) is 4. The molecule has 0 spiro atoms. The minimum Gasteiger partial charge on any atom is -0.619 e. The third-order valence-electron chi connectivity index (χ3n) is 3.60. The first-order valence-corrected chi connectivity index (χ1v) is 9.31. The minimum atomic E-state index is -4.81. The van der Waals surface area contributed by atoms with Crippen LogP contribution in [0.1, 0.15) is 10.4 Å². The summed E-state index contributed by atoms with van der Waals surface area (Å²) in [5, 5.41) is 14.0. The fourth-order valence-corrected chi connectivity index (χ4v) is 2.96. The van der Waals surface area contributed by atoms with Crippen molar-refractivity contribution >= 4 is 39.1 Å². The number of aromatic nitrogens is 1. The van der Waals surface area contributed by atoms with Crippen molar-refractivity contribution in [3.05, 3.63) is 81.2 Å². The Morgan fingerprint density at radius 1 is 1.10 bits per heavy atom. The highest BCUT2D eigenvalue weighted by Gasteiger charge is 2.31. The van der Waals surface area contributed by atoms with Gasteiger partial charge in [-0.3, -0.25) is 4.79 Å². The van der Waals surface area contributed by atoms with Crippen molar-refractivity contribution in [3.8, 4) is 17.2 Å². The van der Waals surface area contributed by atoms with Gasteiger partial charge in [0.25, 0.3) is 5.91 Å². The van der Waals surface area contributed by atoms with E-state index in [9.17, 15) is 23.2 Å². The molecule has 0 atom stereocenters. The van der Waals surface area contributed by atoms with Crippen molar-refractivity contribution in [2.45, 2.75) is 6.36 Å². The molecule has 0 unspecified atom stereocenters. The highest BCUT2D eigenvalue weighted by Crippen LogP contribution is 2.36. The fourth-order valence-electron chi connectivity index (χ4n) is 2.39. The van der Waals surface area contributed by atoms with E-state index in [1.807, 2.05) is 0 Å². The van der Waals surface area contributed by atoms with Gasteiger partial charge in [-0.2, -0.15) is 4.73 Å². The van der Waals surface area contributed by atoms with Gasteiger partial charge in [-0.05, 0) is 58.4 Å². The van der Waals surface area contributed by atoms with E-state index >= 15 is 0 Å². The number of anilines is 1. The van der Waals surface area contributed by atoms with Crippen LogP contribution in [0.4, 0.5) is 18.9 Å². The van der Waals surface area contributed by atoms with Crippen molar-refractivity contribution in [1.29, 1.82) is 0 Å². The van der Waals surface area contributed by atoms with Crippen LogP contribution in [0.5, 0.6) is 17.2 Å². The Morgan fingerprint density at radius 3 is 2.40 bits per heavy atom. The first-order valence-electron chi connectivity index (χ1n) is 8.14. The predicted molar refractivity (Wildman–Crippen MR) is 106 cm³/mol. The van der Waals surface area contributed by atoms with Gasteiger partial charge in [0.1, 0.15) is 28.5 Å². The van der Waals surface area contributed by atoms with Crippen molar-refractivity contribution in [2.75, 3.05) is 5.32 Å². The molecule has 0 aliphatic rings. The van der Waals surface area contributed by atoms with E-state index in [4.69, 9.17) is 16.3 Å². The molecule has 1 amide bonds. The van der Waals surface area contributed by atoms with E-state index in [0.29, 0.717) is 9.20 Å². The average Bonchev–Trinajstić information content (AvgIpc) is 2.65. The highest BCUT2D eigenvalue weighted by molar-refractivity contribution is 9.10. The van der Waals surface area contributed by atoms with Crippen LogP contribution < -0.4 is 19.5 Å². The van der Waals surface area contributed by atoms with Crippen LogP contribution >= 0.6 is 27.5 Å². The number of benzene rings is 2. The van der Waals surface area contributed by atoms with Crippen LogP contribution in [0.2, 0.25) is 5.02 Å². The van der Waals surface area contributed by atoms with Gasteiger partial charge >= 0.3 is 6.36 Å². The Labute approximate surface area is 181 Å². The van der Waals surface area contributed by atoms with Crippen LogP contribution in [-0.4, -0.2) is 12.3 Å². The predicted octanol–water partition coefficient (Wildman–Crippen LogP) is 5.68. The number of halogens is 5. The van der Waals surface area contributed by atoms with Gasteiger partial charge in [-0.25, -0.2) is 0 Å². The molecule has 0 fully saturated rings. The molecule has 6 nitrogen and oxygen atoms in total. The van der Waals surface area contributed by atoms with Gasteiger partial charge in [0.2, 0.25) is 6.20 Å². The molecule has 1 aromatic heterocycles. The number of carbonyl (C=O) groups excluding carboxylic acids is 1. The maximum Gasteiger partial charge on any atom is 0.573 e. The summed E-state index contributed by atoms with van der Waals surface area (Å²) in [6.45, 7) is 0. The molecule has 0 saturated heterocycles. The number of hydrogen-bond donors (Lipinski definition) is 1. The summed E-state index contributed by atoms with van der Waals surface area (Å²) < 4.78 is 47.2. The number of ether oxygens (including phenoxy) is 2. The molecular weight excluding hydrogens is 493 g/mol. The van der Waals surface area contributed by atoms with Gasteiger partial charge in [-0.1, -0.05) is 11.6 Å². The lowest BCUT2D eigenvalue weighted by Gasteiger charge is -2.14. The molecule has 156 valence electrons. The van der Waals surface area contributed by atoms with Crippen molar-refractivity contribution in [2.24, 2.45) is 0 Å². The molecule has 0 aliphatic carbocycles. The number of nitrogens with one attached hydrogen (secondary N) is 1. The molecule has 30 heavy (non-hydrogen) atoms. The molecule has 0 radical (unpaired) electrons. The SMILES string of the molecule is O=C(Nc1ccc[n+]([O-])c1)c1c(Oc2ccc(OC(F)(F)F)cc2)ccc(Br)c1Cl. The van der Waals surface area contributed by atoms with Crippen LogP contribution in [0, 0.1) is 5.21 Å². The van der Waals surface area contributed by atoms with E-state index in [1.165, 1.54) is 36.5 Å². The van der Waals surface area contributed by atoms with Gasteiger partial charge < -0.3 is 20.0 Å². The third-order valence-corrected chi connectivity index (χ3v) is 4.88. The highest BCUT2D eigenvalue weighted by atomic mass is 79.9. The van der Waals surface area contributed by atoms with Gasteiger partial charge in [-0.15, -0.1) is 13.2 Å². The molecule has 0 bridgehead atoms. The standard InChI is InChI=1S/C19H11BrClF3N2O4/c20-14-7-8-15(29-12-3-5-13(6-4-12)30-19(22,23)24)16(17(14)21)18(27)25-11-2-1-9-26(28)10-11/h1-10H,(H,25,27). The second-order valence-electron chi connectivity index (χ2n) is 5.76. The number of pyridine rings is 1. The third kappa shape index (κ3) is 5.55. The van der Waals surface area contributed by atoms with E-state index in [-0.39, 0.29) is 27.8 Å². The molecule has 11 heteroatoms. The smallest absolute Gasteiger partial charge is 0.573 e. The largest absolute Gasteiger partial charge is 0.619 e. The molecule has 1 N–H and O–H groups in total. The van der Waals surface area contributed by atoms with Gasteiger partial charge in [0, 0.05) is 10.5 Å². The molecule has 2 aromatic carbocycles. The second kappa shape index (κ2) is 8.80. The van der Waals surface area contributed by atoms with Crippen LogP contribution in [0.15, 0.2) is 65.4 Å². The fraction of sp³-hybridized carbons (Fsp3) is 0.0526. The molecule has 0 aliphatic heterocycles. The summed E-state index contributed by atoms with van der Waals surface area (Å²) in [5.74, 6) is -0.874. The Kier molecular flexibility index (Phi) is 6.37. The van der Waals surface area contributed by atoms with Crippen LogP contribution in [0.25, 0.3) is 0 Å². The van der Waals surface area contributed by atoms with Crippen molar-refractivity contribution in [3.63, 3.8) is 0 Å². The molecule has 3 rings (SSSR count). The second-order valence-corrected chi connectivity index (χ2v) is 6.99. The Morgan fingerprint density at radius 2 is 1.77 bits per heavy atom. The summed E-state index contributed by atoms with van der Waals surface area (Å²) in [6, 6.07) is 10.6. The summed E-state index contributed by atoms with van der Waals surface area (Å²) in [5.41, 5.74) is 0.191. The van der Waals surface area contributed by atoms with E-state index in [1.54, 1.807) is 6.07 Å². The lowest BCUT2D eigenvalue weighted by molar-refractivity contribution is -0.604. The quantitative estimate of drug-likeness (QED) is 0.359. The summed E-state index contributed by atoms with van der Waals surface area (Å²) in [6.07, 6.45) is -2.40. The zero-order chi connectivity index (χ0) is 21.9. The van der Waals surface area contributed by atoms with Crippen molar-refractivity contribution in [1.82, 2.24) is 0 Å². The van der Waals surface area contributed by atoms with Crippen molar-refractivity contribution < 1.29 is 32.2 Å². The average molecular weight is 504 g/mol. The van der Waals surface area contributed by atoms with Gasteiger partial charge in [0.15, 0.2) is 6.20 Å². The normalized spacial score (nSPS) is 11.1. The maximum absolute atomic E-state index is 12.8. The lowest BCUT2D eigenvalue weighted by atomic mass is 10.1. The summed E-state index contributed by atoms with van der Waals surface area (Å²) >= 11 is 9.48. The number of alkyl halides is 3. The topological polar surface area (TPSA) is 74.5 Å². The van der Waals surface area contributed by atoms with E-state index < -0.39 is 18.0 Å². The van der Waals surface area contributed by atoms with Crippen LogP contribution in [-0.2, 0) is 0 Å². The summed E-state index contributed by atoms with van der Waals surface area (Å²) in [7, 11) is 0. The molecule has 3 aromatic rings. The lowest BCUT2D eigenvalue weighted by Crippen LogP contribution is -2.25. The first kappa shape index (κ1) is 21.7. The number of nitrogens with zero attached hydrogens (tertiary/aromatic N) is 1.